The van der Waals surface area contributed by atoms with Gasteiger partial charge in [0.25, 0.3) is 0 Å². The largest absolute Gasteiger partial charge is 0.392 e. The summed E-state index contributed by atoms with van der Waals surface area (Å²) in [6.07, 6.45) is 9.45. The van der Waals surface area contributed by atoms with E-state index in [2.05, 4.69) is 39.3 Å². The van der Waals surface area contributed by atoms with Gasteiger partial charge < -0.3 is 33.9 Å². The van der Waals surface area contributed by atoms with E-state index in [0.29, 0.717) is 38.5 Å². The number of amides is 1. The molecule has 0 radical (unpaired) electrons. The average molecular weight is 764 g/mol. The zero-order valence-corrected chi connectivity index (χ0v) is 35.1. The van der Waals surface area contributed by atoms with E-state index in [0.717, 1.165) is 32.1 Å². The minimum absolute atomic E-state index is 0.0147. The molecule has 17 unspecified atom stereocenters. The van der Waals surface area contributed by atoms with Gasteiger partial charge in [0.15, 0.2) is 11.6 Å². The first-order valence-electron chi connectivity index (χ1n) is 21.3. The van der Waals surface area contributed by atoms with Gasteiger partial charge in [-0.3, -0.25) is 14.4 Å². The Kier molecular flexibility index (Phi) is 13.9. The van der Waals surface area contributed by atoms with Crippen LogP contribution in [0.15, 0.2) is 12.2 Å². The van der Waals surface area contributed by atoms with Crippen LogP contribution in [0.1, 0.15) is 140 Å². The number of rotatable bonds is 13. The quantitative estimate of drug-likeness (QED) is 0.135. The molecule has 5 rings (SSSR count). The molecule has 310 valence electrons. The van der Waals surface area contributed by atoms with Gasteiger partial charge in [-0.15, -0.1) is 0 Å². The van der Waals surface area contributed by atoms with Crippen molar-refractivity contribution >= 4 is 11.7 Å². The molecule has 0 aromatic rings. The van der Waals surface area contributed by atoms with Gasteiger partial charge in [-0.1, -0.05) is 61.5 Å². The average Bonchev–Trinajstić information content (AvgIpc) is 3.47. The van der Waals surface area contributed by atoms with Crippen LogP contribution in [-0.4, -0.2) is 88.4 Å². The maximum absolute atomic E-state index is 14.5. The fraction of sp³-hybridized carbons (Fsp3) is 0.907. The Labute approximate surface area is 324 Å². The molecule has 0 aromatic heterocycles. The highest BCUT2D eigenvalue weighted by molar-refractivity contribution is 5.84. The number of aliphatic hydroxyl groups excluding tert-OH is 1. The third kappa shape index (κ3) is 8.40. The van der Waals surface area contributed by atoms with Crippen molar-refractivity contribution in [3.05, 3.63) is 12.2 Å². The molecule has 11 heteroatoms. The van der Waals surface area contributed by atoms with Crippen LogP contribution in [0.3, 0.4) is 0 Å². The summed E-state index contributed by atoms with van der Waals surface area (Å²) in [4.78, 5) is 32.1. The van der Waals surface area contributed by atoms with E-state index in [-0.39, 0.29) is 65.7 Å². The first kappa shape index (κ1) is 43.7. The van der Waals surface area contributed by atoms with Crippen LogP contribution in [0.5, 0.6) is 0 Å². The van der Waals surface area contributed by atoms with Gasteiger partial charge >= 0.3 is 0 Å². The lowest BCUT2D eigenvalue weighted by Gasteiger charge is -2.53. The summed E-state index contributed by atoms with van der Waals surface area (Å²) in [5.74, 6) is -3.67. The van der Waals surface area contributed by atoms with Crippen molar-refractivity contribution in [2.24, 2.45) is 41.4 Å². The van der Waals surface area contributed by atoms with E-state index in [1.807, 2.05) is 47.6 Å². The molecule has 3 N–H and O–H groups in total. The zero-order valence-electron chi connectivity index (χ0n) is 35.1. The summed E-state index contributed by atoms with van der Waals surface area (Å²) in [6, 6.07) is 0. The molecular weight excluding hydrogens is 690 g/mol. The maximum Gasteiger partial charge on any atom is 0.249 e. The van der Waals surface area contributed by atoms with Crippen LogP contribution >= 0.6 is 0 Å². The van der Waals surface area contributed by atoms with E-state index in [4.69, 9.17) is 28.5 Å². The summed E-state index contributed by atoms with van der Waals surface area (Å²) >= 11 is 0. The SMILES string of the molecule is CCC(C(=O)NOC)C1CCC(C)C(C(C)C(O)C(C)C(=O)C(CC)C2OC3(C=CCC4(CCC(C)(C5CCC(O)(CC)C(C)O5)O4)O3)C(C)CC2C)O1. The summed E-state index contributed by atoms with van der Waals surface area (Å²) < 4.78 is 34.1. The predicted octanol–water partition coefficient (Wildman–Crippen LogP) is 6.81. The number of nitrogens with one attached hydrogen (secondary N) is 1. The minimum Gasteiger partial charge on any atom is -0.392 e. The van der Waals surface area contributed by atoms with Gasteiger partial charge in [-0.2, -0.15) is 0 Å². The molecule has 4 saturated heterocycles. The topological polar surface area (TPSA) is 142 Å². The van der Waals surface area contributed by atoms with Crippen molar-refractivity contribution in [1.82, 2.24) is 5.48 Å². The number of hydroxylamine groups is 1. The zero-order chi connectivity index (χ0) is 39.8. The van der Waals surface area contributed by atoms with Crippen molar-refractivity contribution in [3.8, 4) is 0 Å². The number of ether oxygens (including phenoxy) is 5. The summed E-state index contributed by atoms with van der Waals surface area (Å²) in [7, 11) is 1.43. The van der Waals surface area contributed by atoms with E-state index < -0.39 is 46.8 Å². The minimum atomic E-state index is -1.06. The van der Waals surface area contributed by atoms with E-state index in [1.54, 1.807) is 0 Å². The number of ketones is 1. The summed E-state index contributed by atoms with van der Waals surface area (Å²) in [6.45, 7) is 20.3. The summed E-state index contributed by atoms with van der Waals surface area (Å²) in [5.41, 5.74) is 1.07. The van der Waals surface area contributed by atoms with Crippen molar-refractivity contribution in [2.45, 2.75) is 199 Å². The molecular formula is C43H73NO10. The second kappa shape index (κ2) is 17.2. The number of hydrogen-bond donors (Lipinski definition) is 3. The predicted molar refractivity (Wildman–Crippen MR) is 205 cm³/mol. The van der Waals surface area contributed by atoms with Gasteiger partial charge in [0.05, 0.1) is 60.9 Å². The molecule has 0 bridgehead atoms. The van der Waals surface area contributed by atoms with Crippen LogP contribution in [0.25, 0.3) is 0 Å². The monoisotopic (exact) mass is 764 g/mol. The van der Waals surface area contributed by atoms with Gasteiger partial charge in [0.1, 0.15) is 5.78 Å². The van der Waals surface area contributed by atoms with Gasteiger partial charge in [-0.05, 0) is 89.5 Å². The van der Waals surface area contributed by atoms with Gasteiger partial charge in [-0.25, -0.2) is 5.48 Å². The smallest absolute Gasteiger partial charge is 0.249 e. The number of carbonyl (C=O) groups excluding carboxylic acids is 2. The first-order valence-corrected chi connectivity index (χ1v) is 21.3. The molecule has 17 atom stereocenters. The Morgan fingerprint density at radius 2 is 1.63 bits per heavy atom. The standard InChI is InChI=1S/C43H73NO10/c1-12-31(39(47)44-49-11)33-17-16-25(4)37(51-33)29(8)35(45)28(7)36(46)32(13-2)38-26(5)24-27(6)43(52-38)20-15-19-42(54-43)23-22-40(10,53-42)34-18-21-41(48,14-3)30(9)50-34/h15,20,25-35,37-38,45,48H,12-14,16-19,21-24H2,1-11H3,(H,44,47). The van der Waals surface area contributed by atoms with Crippen LogP contribution < -0.4 is 5.48 Å². The lowest BCUT2D eigenvalue weighted by atomic mass is 9.72. The Bertz CT molecular complexity index is 1330. The lowest BCUT2D eigenvalue weighted by Crippen LogP contribution is -2.60. The second-order valence-electron chi connectivity index (χ2n) is 18.1. The highest BCUT2D eigenvalue weighted by Gasteiger charge is 2.60. The Morgan fingerprint density at radius 3 is 2.26 bits per heavy atom. The van der Waals surface area contributed by atoms with E-state index in [1.165, 1.54) is 7.11 Å². The molecule has 11 nitrogen and oxygen atoms in total. The first-order chi connectivity index (χ1) is 25.4. The molecule has 0 saturated carbocycles. The van der Waals surface area contributed by atoms with Gasteiger partial charge in [0, 0.05) is 36.5 Å². The third-order valence-corrected chi connectivity index (χ3v) is 14.5. The highest BCUT2D eigenvalue weighted by atomic mass is 16.8. The van der Waals surface area contributed by atoms with Crippen molar-refractivity contribution in [1.29, 1.82) is 0 Å². The van der Waals surface area contributed by atoms with Crippen molar-refractivity contribution in [3.63, 3.8) is 0 Å². The second-order valence-corrected chi connectivity index (χ2v) is 18.1. The molecule has 2 spiro atoms. The molecule has 5 aliphatic rings. The molecule has 0 aromatic carbocycles. The highest BCUT2D eigenvalue weighted by Crippen LogP contribution is 2.54. The van der Waals surface area contributed by atoms with Crippen molar-refractivity contribution < 1.29 is 48.3 Å². The molecule has 54 heavy (non-hydrogen) atoms. The maximum atomic E-state index is 14.5. The number of aliphatic hydroxyl groups is 2. The molecule has 4 fully saturated rings. The third-order valence-electron chi connectivity index (χ3n) is 14.5. The fourth-order valence-electron chi connectivity index (χ4n) is 10.7. The van der Waals surface area contributed by atoms with Crippen LogP contribution in [0.4, 0.5) is 0 Å². The van der Waals surface area contributed by atoms with E-state index >= 15 is 0 Å². The normalized spacial score (nSPS) is 44.1. The Balaban J connectivity index is 1.28. The number of Topliss-reactive ketones (excluding diaryl/α,β-unsaturated/α-hetero) is 1. The summed E-state index contributed by atoms with van der Waals surface area (Å²) in [5, 5.41) is 22.9. The lowest BCUT2D eigenvalue weighted by molar-refractivity contribution is -0.393. The molecule has 5 heterocycles. The fourth-order valence-corrected chi connectivity index (χ4v) is 10.7. The van der Waals surface area contributed by atoms with E-state index in [9.17, 15) is 19.8 Å². The van der Waals surface area contributed by atoms with Gasteiger partial charge in [0.2, 0.25) is 5.91 Å². The van der Waals surface area contributed by atoms with Crippen LogP contribution in [-0.2, 0) is 38.1 Å². The Hall–Kier alpha value is -1.44. The van der Waals surface area contributed by atoms with Crippen molar-refractivity contribution in [2.75, 3.05) is 7.11 Å². The van der Waals surface area contributed by atoms with Crippen LogP contribution in [0.2, 0.25) is 0 Å². The molecule has 5 aliphatic heterocycles. The van der Waals surface area contributed by atoms with Crippen LogP contribution in [0, 0.1) is 41.4 Å². The molecule has 0 aliphatic carbocycles. The number of hydrogen-bond acceptors (Lipinski definition) is 10. The Morgan fingerprint density at radius 1 is 0.926 bits per heavy atom. The number of carbonyl (C=O) groups is 2. The molecule has 1 amide bonds.